The third-order valence-corrected chi connectivity index (χ3v) is 8.14. The van der Waals surface area contributed by atoms with Crippen molar-refractivity contribution in [2.75, 3.05) is 12.4 Å². The number of hydrogen-bond donors (Lipinski definition) is 1. The number of benzene rings is 3. The van der Waals surface area contributed by atoms with Gasteiger partial charge in [-0.3, -0.25) is 9.98 Å². The minimum atomic E-state index is -0.354. The van der Waals surface area contributed by atoms with Gasteiger partial charge in [0.05, 0.1) is 67.5 Å². The zero-order valence-corrected chi connectivity index (χ0v) is 23.7. The fourth-order valence-corrected chi connectivity index (χ4v) is 5.57. The average Bonchev–Trinajstić information content (AvgIpc) is 2.95. The van der Waals surface area contributed by atoms with Gasteiger partial charge in [0.25, 0.3) is 0 Å². The molecule has 1 aromatic heterocycles. The van der Waals surface area contributed by atoms with E-state index in [9.17, 15) is 4.39 Å². The van der Waals surface area contributed by atoms with Gasteiger partial charge in [0, 0.05) is 24.6 Å². The monoisotopic (exact) mass is 575 g/mol. The van der Waals surface area contributed by atoms with Gasteiger partial charge in [0.15, 0.2) is 0 Å². The van der Waals surface area contributed by atoms with E-state index in [1.807, 2.05) is 41.8 Å². The Morgan fingerprint density at radius 1 is 0.975 bits per heavy atom. The number of hydrogen-bond acceptors (Lipinski definition) is 5. The van der Waals surface area contributed by atoms with Gasteiger partial charge in [-0.1, -0.05) is 23.2 Å². The Balaban J connectivity index is 1.60. The van der Waals surface area contributed by atoms with E-state index in [-0.39, 0.29) is 18.0 Å². The maximum absolute atomic E-state index is 14.5. The van der Waals surface area contributed by atoms with Crippen LogP contribution in [0, 0.1) is 12.7 Å². The van der Waals surface area contributed by atoms with Crippen LogP contribution in [0.2, 0.25) is 10.0 Å². The zero-order valence-electron chi connectivity index (χ0n) is 22.2. The molecule has 1 fully saturated rings. The van der Waals surface area contributed by atoms with E-state index in [1.54, 1.807) is 31.5 Å². The molecule has 1 N–H and O–H groups in total. The van der Waals surface area contributed by atoms with Gasteiger partial charge in [-0.25, -0.2) is 9.37 Å². The third kappa shape index (κ3) is 5.42. The van der Waals surface area contributed by atoms with Crippen molar-refractivity contribution in [1.82, 2.24) is 14.5 Å². The largest absolute Gasteiger partial charge is 0.381 e. The van der Waals surface area contributed by atoms with Crippen LogP contribution in [0.15, 0.2) is 71.9 Å². The van der Waals surface area contributed by atoms with E-state index in [4.69, 9.17) is 37.9 Å². The van der Waals surface area contributed by atoms with Gasteiger partial charge in [-0.05, 0) is 87.2 Å². The van der Waals surface area contributed by atoms with Crippen molar-refractivity contribution in [1.29, 1.82) is 0 Å². The van der Waals surface area contributed by atoms with Crippen LogP contribution < -0.4 is 10.7 Å². The SMILES string of the molecule is COC1CCC(/N=c2\cc3n(-c4ccc(Cl)c(Cl)c4)c4cc(F)ccc4nc-3cc2Nc2ccc(C)nc2)CC1. The van der Waals surface area contributed by atoms with Crippen molar-refractivity contribution in [2.24, 2.45) is 4.99 Å². The standard InChI is InChI=1S/C31H28Cl2FN5O/c1-18-3-5-21(17-35-18)37-27-15-29-31(16-28(27)36-20-6-9-23(40-2)10-7-20)39(22-8-11-24(32)25(33)14-22)30-13-19(34)4-12-26(30)38-29/h3-5,8,11-17,20,23,37H,6-7,9-10H2,1-2H3/b36-28+. The highest BCUT2D eigenvalue weighted by Gasteiger charge is 2.22. The first-order valence-corrected chi connectivity index (χ1v) is 14.0. The summed E-state index contributed by atoms with van der Waals surface area (Å²) in [6, 6.07) is 18.1. The molecule has 1 saturated carbocycles. The molecular weight excluding hydrogens is 548 g/mol. The summed E-state index contributed by atoms with van der Waals surface area (Å²) in [6.07, 6.45) is 5.91. The Bertz CT molecular complexity index is 1730. The maximum Gasteiger partial charge on any atom is 0.125 e. The quantitative estimate of drug-likeness (QED) is 0.216. The molecule has 2 heterocycles. The molecule has 0 saturated heterocycles. The minimum Gasteiger partial charge on any atom is -0.381 e. The summed E-state index contributed by atoms with van der Waals surface area (Å²) in [5, 5.41) is 5.15. The second-order valence-electron chi connectivity index (χ2n) is 10.1. The zero-order chi connectivity index (χ0) is 27.8. The van der Waals surface area contributed by atoms with E-state index in [0.717, 1.165) is 65.2 Å². The predicted octanol–water partition coefficient (Wildman–Crippen LogP) is 7.88. The van der Waals surface area contributed by atoms with Gasteiger partial charge < -0.3 is 14.6 Å². The van der Waals surface area contributed by atoms with Gasteiger partial charge in [-0.2, -0.15) is 0 Å². The molecule has 0 spiro atoms. The number of methoxy groups -OCH3 is 1. The van der Waals surface area contributed by atoms with E-state index < -0.39 is 0 Å². The second-order valence-corrected chi connectivity index (χ2v) is 11.0. The summed E-state index contributed by atoms with van der Waals surface area (Å²) in [6.45, 7) is 1.95. The highest BCUT2D eigenvalue weighted by Crippen LogP contribution is 2.33. The Kier molecular flexibility index (Phi) is 7.45. The lowest BCUT2D eigenvalue weighted by molar-refractivity contribution is 0.0663. The smallest absolute Gasteiger partial charge is 0.125 e. The number of nitrogens with one attached hydrogen (secondary N) is 1. The second kappa shape index (κ2) is 11.2. The van der Waals surface area contributed by atoms with Gasteiger partial charge in [0.2, 0.25) is 0 Å². The van der Waals surface area contributed by atoms with Crippen LogP contribution in [-0.4, -0.2) is 33.8 Å². The minimum absolute atomic E-state index is 0.157. The molecule has 40 heavy (non-hydrogen) atoms. The number of ether oxygens (including phenoxy) is 1. The Labute approximate surface area is 241 Å². The number of pyridine rings is 1. The Morgan fingerprint density at radius 2 is 1.80 bits per heavy atom. The number of nitrogens with zero attached hydrogens (tertiary/aromatic N) is 4. The van der Waals surface area contributed by atoms with Gasteiger partial charge >= 0.3 is 0 Å². The molecule has 0 atom stereocenters. The fourth-order valence-electron chi connectivity index (χ4n) is 5.28. The van der Waals surface area contributed by atoms with E-state index in [1.165, 1.54) is 12.1 Å². The molecule has 9 heteroatoms. The first-order valence-electron chi connectivity index (χ1n) is 13.3. The van der Waals surface area contributed by atoms with Gasteiger partial charge in [0.1, 0.15) is 5.82 Å². The maximum atomic E-state index is 14.5. The molecule has 6 rings (SSSR count). The molecule has 0 bridgehead atoms. The highest BCUT2D eigenvalue weighted by molar-refractivity contribution is 6.42. The number of fused-ring (bicyclic) bond motifs is 2. The van der Waals surface area contributed by atoms with Crippen LogP contribution in [0.25, 0.3) is 28.1 Å². The molecule has 6 nitrogen and oxygen atoms in total. The molecule has 0 radical (unpaired) electrons. The molecule has 3 aromatic rings. The average molecular weight is 577 g/mol. The first-order chi connectivity index (χ1) is 19.4. The van der Waals surface area contributed by atoms with Crippen molar-refractivity contribution < 1.29 is 9.13 Å². The molecular formula is C31H28Cl2FN5O. The Hall–Kier alpha value is -3.52. The van der Waals surface area contributed by atoms with Crippen LogP contribution >= 0.6 is 23.2 Å². The number of halogens is 3. The first kappa shape index (κ1) is 26.7. The predicted molar refractivity (Wildman–Crippen MR) is 159 cm³/mol. The highest BCUT2D eigenvalue weighted by atomic mass is 35.5. The lowest BCUT2D eigenvalue weighted by atomic mass is 9.93. The summed E-state index contributed by atoms with van der Waals surface area (Å²) < 4.78 is 22.1. The van der Waals surface area contributed by atoms with Crippen molar-refractivity contribution in [3.63, 3.8) is 0 Å². The number of aryl methyl sites for hydroxylation is 1. The van der Waals surface area contributed by atoms with Crippen LogP contribution in [0.4, 0.5) is 15.8 Å². The van der Waals surface area contributed by atoms with Crippen molar-refractivity contribution >= 4 is 45.6 Å². The molecule has 204 valence electrons. The lowest BCUT2D eigenvalue weighted by Gasteiger charge is -2.25. The summed E-state index contributed by atoms with van der Waals surface area (Å²) in [7, 11) is 1.77. The summed E-state index contributed by atoms with van der Waals surface area (Å²) in [5.74, 6) is -0.354. The van der Waals surface area contributed by atoms with Crippen LogP contribution in [-0.2, 0) is 4.74 Å². The van der Waals surface area contributed by atoms with E-state index in [2.05, 4.69) is 10.3 Å². The van der Waals surface area contributed by atoms with Gasteiger partial charge in [-0.15, -0.1) is 0 Å². The molecule has 0 amide bonds. The molecule has 0 unspecified atom stereocenters. The Morgan fingerprint density at radius 3 is 2.52 bits per heavy atom. The normalized spacial score (nSPS) is 18.0. The third-order valence-electron chi connectivity index (χ3n) is 7.40. The molecule has 2 aliphatic carbocycles. The van der Waals surface area contributed by atoms with Crippen LogP contribution in [0.5, 0.6) is 0 Å². The summed E-state index contributed by atoms with van der Waals surface area (Å²) in [5.41, 5.74) is 6.10. The summed E-state index contributed by atoms with van der Waals surface area (Å²) in [4.78, 5) is 14.6. The van der Waals surface area contributed by atoms with Crippen LogP contribution in [0.3, 0.4) is 0 Å². The van der Waals surface area contributed by atoms with Crippen molar-refractivity contribution in [3.8, 4) is 17.1 Å². The number of rotatable bonds is 5. The fraction of sp³-hybridized carbons (Fsp3) is 0.258. The number of aromatic nitrogens is 3. The lowest BCUT2D eigenvalue weighted by Crippen LogP contribution is -2.25. The summed E-state index contributed by atoms with van der Waals surface area (Å²) >= 11 is 12.7. The number of anilines is 2. The van der Waals surface area contributed by atoms with Crippen molar-refractivity contribution in [2.45, 2.75) is 44.8 Å². The molecule has 2 aromatic carbocycles. The van der Waals surface area contributed by atoms with Crippen LogP contribution in [0.1, 0.15) is 31.4 Å². The van der Waals surface area contributed by atoms with E-state index in [0.29, 0.717) is 21.1 Å². The molecule has 3 aliphatic rings. The molecule has 1 aliphatic heterocycles. The van der Waals surface area contributed by atoms with E-state index >= 15 is 0 Å². The van der Waals surface area contributed by atoms with Crippen molar-refractivity contribution in [3.05, 3.63) is 93.8 Å². The topological polar surface area (TPSA) is 64.3 Å².